The molecule has 0 unspecified atom stereocenters. The molecule has 0 aliphatic carbocycles. The molecule has 0 aliphatic rings. The molecule has 0 radical (unpaired) electrons. The van der Waals surface area contributed by atoms with Crippen LogP contribution in [-0.4, -0.2) is 63.5 Å². The molecule has 0 spiro atoms. The summed E-state index contributed by atoms with van der Waals surface area (Å²) >= 11 is 0. The summed E-state index contributed by atoms with van der Waals surface area (Å²) in [6, 6.07) is 6.13. The second kappa shape index (κ2) is 11.0. The van der Waals surface area contributed by atoms with Crippen LogP contribution < -0.4 is 15.4 Å². The minimum Gasteiger partial charge on any atom is -0.484 e. The Kier molecular flexibility index (Phi) is 9.36. The van der Waals surface area contributed by atoms with Gasteiger partial charge in [0.2, 0.25) is 0 Å². The number of alkyl halides is 6. The van der Waals surface area contributed by atoms with E-state index in [9.17, 15) is 26.3 Å². The molecule has 0 saturated heterocycles. The highest BCUT2D eigenvalue weighted by atomic mass is 19.4. The number of nitrogens with zero attached hydrogens (tertiary/aromatic N) is 2. The molecule has 0 fully saturated rings. The first kappa shape index (κ1) is 23.9. The van der Waals surface area contributed by atoms with E-state index in [1.807, 2.05) is 0 Å². The van der Waals surface area contributed by atoms with Gasteiger partial charge in [0.1, 0.15) is 5.75 Å². The standard InChI is InChI=1S/C17H24F6N4O/c1-24-15(25-8-3-9-27(2)11-16(18,19)20)26-10-13-4-6-14(7-5-13)28-12-17(21,22)23/h4-7H,3,8-12H2,1-2H3,(H2,24,25,26). The largest absolute Gasteiger partial charge is 0.484 e. The van der Waals surface area contributed by atoms with Gasteiger partial charge in [0.05, 0.1) is 6.54 Å². The Bertz CT molecular complexity index is 601. The summed E-state index contributed by atoms with van der Waals surface area (Å²) in [7, 11) is 2.96. The number of hydrogen-bond acceptors (Lipinski definition) is 3. The van der Waals surface area contributed by atoms with Crippen molar-refractivity contribution in [1.82, 2.24) is 15.5 Å². The van der Waals surface area contributed by atoms with Crippen LogP contribution in [-0.2, 0) is 6.54 Å². The van der Waals surface area contributed by atoms with Gasteiger partial charge in [-0.1, -0.05) is 12.1 Å². The van der Waals surface area contributed by atoms with E-state index in [2.05, 4.69) is 20.4 Å². The van der Waals surface area contributed by atoms with E-state index in [0.717, 1.165) is 5.56 Å². The second-order valence-corrected chi connectivity index (χ2v) is 6.11. The zero-order chi connectivity index (χ0) is 21.2. The van der Waals surface area contributed by atoms with Crippen LogP contribution in [0, 0.1) is 0 Å². The fourth-order valence-electron chi connectivity index (χ4n) is 2.22. The first-order chi connectivity index (χ1) is 13.0. The molecule has 2 N–H and O–H groups in total. The van der Waals surface area contributed by atoms with Crippen LogP contribution in [0.4, 0.5) is 26.3 Å². The maximum absolute atomic E-state index is 12.2. The topological polar surface area (TPSA) is 48.9 Å². The lowest BCUT2D eigenvalue weighted by Crippen LogP contribution is -2.39. The highest BCUT2D eigenvalue weighted by Gasteiger charge is 2.29. The number of ether oxygens (including phenoxy) is 1. The molecule has 160 valence electrons. The minimum atomic E-state index is -4.39. The molecule has 1 aromatic carbocycles. The molecule has 0 atom stereocenters. The van der Waals surface area contributed by atoms with Crippen molar-refractivity contribution < 1.29 is 31.1 Å². The van der Waals surface area contributed by atoms with E-state index in [1.54, 1.807) is 19.2 Å². The summed E-state index contributed by atoms with van der Waals surface area (Å²) in [5.74, 6) is 0.586. The van der Waals surface area contributed by atoms with Gasteiger partial charge in [-0.25, -0.2) is 0 Å². The van der Waals surface area contributed by atoms with Crippen molar-refractivity contribution in [1.29, 1.82) is 0 Å². The predicted octanol–water partition coefficient (Wildman–Crippen LogP) is 3.18. The quantitative estimate of drug-likeness (QED) is 0.282. The highest BCUT2D eigenvalue weighted by molar-refractivity contribution is 5.79. The number of hydrogen-bond donors (Lipinski definition) is 2. The lowest BCUT2D eigenvalue weighted by Gasteiger charge is -2.19. The van der Waals surface area contributed by atoms with E-state index in [-0.39, 0.29) is 12.3 Å². The van der Waals surface area contributed by atoms with Crippen LogP contribution in [0.1, 0.15) is 12.0 Å². The molecular weight excluding hydrogens is 390 g/mol. The van der Waals surface area contributed by atoms with Gasteiger partial charge in [0, 0.05) is 20.1 Å². The molecule has 0 bridgehead atoms. The number of aliphatic imine (C=N–C) groups is 1. The molecule has 1 rings (SSSR count). The lowest BCUT2D eigenvalue weighted by molar-refractivity contribution is -0.153. The fourth-order valence-corrected chi connectivity index (χ4v) is 2.22. The van der Waals surface area contributed by atoms with Crippen molar-refractivity contribution in [3.63, 3.8) is 0 Å². The summed E-state index contributed by atoms with van der Waals surface area (Å²) < 4.78 is 77.7. The Morgan fingerprint density at radius 3 is 2.21 bits per heavy atom. The average Bonchev–Trinajstić information content (AvgIpc) is 2.58. The first-order valence-corrected chi connectivity index (χ1v) is 8.47. The number of rotatable bonds is 9. The molecule has 1 aromatic rings. The normalized spacial score (nSPS) is 13.0. The van der Waals surface area contributed by atoms with E-state index < -0.39 is 25.5 Å². The van der Waals surface area contributed by atoms with E-state index in [0.29, 0.717) is 25.5 Å². The monoisotopic (exact) mass is 414 g/mol. The third kappa shape index (κ3) is 11.5. The molecule has 28 heavy (non-hydrogen) atoms. The molecule has 0 aromatic heterocycles. The van der Waals surface area contributed by atoms with Gasteiger partial charge in [-0.05, 0) is 37.7 Å². The van der Waals surface area contributed by atoms with Crippen molar-refractivity contribution in [2.24, 2.45) is 4.99 Å². The van der Waals surface area contributed by atoms with Gasteiger partial charge in [-0.3, -0.25) is 9.89 Å². The molecule has 0 aliphatic heterocycles. The van der Waals surface area contributed by atoms with Crippen LogP contribution in [0.2, 0.25) is 0 Å². The molecular formula is C17H24F6N4O. The Labute approximate surface area is 159 Å². The summed E-state index contributed by atoms with van der Waals surface area (Å²) in [4.78, 5) is 5.20. The number of nitrogens with one attached hydrogen (secondary N) is 2. The smallest absolute Gasteiger partial charge is 0.422 e. The second-order valence-electron chi connectivity index (χ2n) is 6.11. The van der Waals surface area contributed by atoms with Crippen LogP contribution in [0.15, 0.2) is 29.3 Å². The van der Waals surface area contributed by atoms with Crippen molar-refractivity contribution in [3.8, 4) is 5.75 Å². The molecule has 0 saturated carbocycles. The Balaban J connectivity index is 2.30. The summed E-state index contributed by atoms with van der Waals surface area (Å²) in [5.41, 5.74) is 0.798. The SMILES string of the molecule is CN=C(NCCCN(C)CC(F)(F)F)NCc1ccc(OCC(F)(F)F)cc1. The third-order valence-corrected chi connectivity index (χ3v) is 3.47. The van der Waals surface area contributed by atoms with E-state index in [1.165, 1.54) is 24.1 Å². The predicted molar refractivity (Wildman–Crippen MR) is 94.4 cm³/mol. The number of guanidine groups is 1. The highest BCUT2D eigenvalue weighted by Crippen LogP contribution is 2.19. The molecule has 0 amide bonds. The van der Waals surface area contributed by atoms with Gasteiger partial charge in [-0.15, -0.1) is 0 Å². The number of benzene rings is 1. The number of halogens is 6. The summed E-state index contributed by atoms with van der Waals surface area (Å²) in [6.45, 7) is -1.22. The van der Waals surface area contributed by atoms with E-state index >= 15 is 0 Å². The van der Waals surface area contributed by atoms with Gasteiger partial charge < -0.3 is 15.4 Å². The van der Waals surface area contributed by atoms with Crippen molar-refractivity contribution in [3.05, 3.63) is 29.8 Å². The summed E-state index contributed by atoms with van der Waals surface area (Å²) in [6.07, 6.45) is -8.11. The van der Waals surface area contributed by atoms with Gasteiger partial charge in [0.25, 0.3) is 0 Å². The zero-order valence-electron chi connectivity index (χ0n) is 15.6. The third-order valence-electron chi connectivity index (χ3n) is 3.47. The molecule has 11 heteroatoms. The Morgan fingerprint density at radius 2 is 1.68 bits per heavy atom. The van der Waals surface area contributed by atoms with Crippen LogP contribution in [0.5, 0.6) is 5.75 Å². The average molecular weight is 414 g/mol. The van der Waals surface area contributed by atoms with Crippen LogP contribution in [0.3, 0.4) is 0 Å². The van der Waals surface area contributed by atoms with E-state index in [4.69, 9.17) is 0 Å². The van der Waals surface area contributed by atoms with Crippen LogP contribution >= 0.6 is 0 Å². The lowest BCUT2D eigenvalue weighted by atomic mass is 10.2. The van der Waals surface area contributed by atoms with Gasteiger partial charge in [-0.2, -0.15) is 26.3 Å². The van der Waals surface area contributed by atoms with Crippen LogP contribution in [0.25, 0.3) is 0 Å². The maximum Gasteiger partial charge on any atom is 0.422 e. The molecule has 0 heterocycles. The van der Waals surface area contributed by atoms with Gasteiger partial charge in [0.15, 0.2) is 12.6 Å². The first-order valence-electron chi connectivity index (χ1n) is 8.47. The maximum atomic E-state index is 12.2. The van der Waals surface area contributed by atoms with Crippen molar-refractivity contribution >= 4 is 5.96 Å². The van der Waals surface area contributed by atoms with Crippen molar-refractivity contribution in [2.45, 2.75) is 25.3 Å². The minimum absolute atomic E-state index is 0.117. The van der Waals surface area contributed by atoms with Crippen molar-refractivity contribution in [2.75, 3.05) is 40.3 Å². The zero-order valence-corrected chi connectivity index (χ0v) is 15.6. The van der Waals surface area contributed by atoms with Gasteiger partial charge >= 0.3 is 12.4 Å². The molecule has 5 nitrogen and oxygen atoms in total. The summed E-state index contributed by atoms with van der Waals surface area (Å²) in [5, 5.41) is 6.00. The fraction of sp³-hybridized carbons (Fsp3) is 0.588. The Morgan fingerprint density at radius 1 is 1.04 bits per heavy atom. The Hall–Kier alpha value is -2.17.